The van der Waals surface area contributed by atoms with E-state index in [-0.39, 0.29) is 0 Å². The molecule has 0 saturated carbocycles. The third kappa shape index (κ3) is 2.22. The summed E-state index contributed by atoms with van der Waals surface area (Å²) in [5.74, 6) is 0.774. The summed E-state index contributed by atoms with van der Waals surface area (Å²) in [6.07, 6.45) is 4.99. The van der Waals surface area contributed by atoms with Crippen molar-refractivity contribution in [3.63, 3.8) is 0 Å². The lowest BCUT2D eigenvalue weighted by Crippen LogP contribution is -2.01. The first kappa shape index (κ1) is 8.12. The molecule has 4 nitrogen and oxygen atoms in total. The molecule has 5 heteroatoms. The van der Waals surface area contributed by atoms with Gasteiger partial charge < -0.3 is 5.32 Å². The molecule has 0 unspecified atom stereocenters. The second-order valence-corrected chi connectivity index (χ2v) is 3.14. The first-order valence-corrected chi connectivity index (χ1v) is 4.76. The van der Waals surface area contributed by atoms with E-state index in [4.69, 9.17) is 0 Å². The SMILES string of the molecule is c1cnc(NCc2cscn2)cn1. The van der Waals surface area contributed by atoms with Crippen LogP contribution in [0.25, 0.3) is 0 Å². The van der Waals surface area contributed by atoms with Gasteiger partial charge in [-0.3, -0.25) is 4.98 Å². The molecule has 0 aliphatic carbocycles. The Morgan fingerprint density at radius 1 is 1.31 bits per heavy atom. The van der Waals surface area contributed by atoms with Crippen LogP contribution in [-0.4, -0.2) is 15.0 Å². The molecule has 2 heterocycles. The van der Waals surface area contributed by atoms with Crippen molar-refractivity contribution in [1.29, 1.82) is 0 Å². The Bertz CT molecular complexity index is 346. The molecule has 0 aromatic carbocycles. The summed E-state index contributed by atoms with van der Waals surface area (Å²) in [5.41, 5.74) is 2.84. The summed E-state index contributed by atoms with van der Waals surface area (Å²) in [6, 6.07) is 0. The van der Waals surface area contributed by atoms with Gasteiger partial charge in [0.15, 0.2) is 0 Å². The van der Waals surface area contributed by atoms with Gasteiger partial charge in [-0.25, -0.2) is 9.97 Å². The van der Waals surface area contributed by atoms with Crippen LogP contribution in [0.5, 0.6) is 0 Å². The highest BCUT2D eigenvalue weighted by Crippen LogP contribution is 2.04. The van der Waals surface area contributed by atoms with Gasteiger partial charge in [0.25, 0.3) is 0 Å². The average Bonchev–Trinajstić information content (AvgIpc) is 2.69. The van der Waals surface area contributed by atoms with E-state index >= 15 is 0 Å². The van der Waals surface area contributed by atoms with Crippen molar-refractivity contribution in [2.45, 2.75) is 6.54 Å². The highest BCUT2D eigenvalue weighted by Gasteiger charge is 1.95. The lowest BCUT2D eigenvalue weighted by Gasteiger charge is -2.00. The zero-order valence-electron chi connectivity index (χ0n) is 6.84. The van der Waals surface area contributed by atoms with Crippen LogP contribution in [-0.2, 0) is 6.54 Å². The van der Waals surface area contributed by atoms with Crippen LogP contribution in [0.3, 0.4) is 0 Å². The maximum atomic E-state index is 4.14. The monoisotopic (exact) mass is 192 g/mol. The number of hydrogen-bond donors (Lipinski definition) is 1. The molecule has 0 aliphatic rings. The molecular formula is C8H8N4S. The first-order valence-electron chi connectivity index (χ1n) is 3.82. The molecule has 66 valence electrons. The fraction of sp³-hybridized carbons (Fsp3) is 0.125. The van der Waals surface area contributed by atoms with Crippen molar-refractivity contribution in [2.24, 2.45) is 0 Å². The molecular weight excluding hydrogens is 184 g/mol. The summed E-state index contributed by atoms with van der Waals surface area (Å²) >= 11 is 1.59. The van der Waals surface area contributed by atoms with E-state index in [9.17, 15) is 0 Å². The molecule has 0 fully saturated rings. The van der Waals surface area contributed by atoms with E-state index in [0.717, 1.165) is 11.5 Å². The van der Waals surface area contributed by atoms with Gasteiger partial charge in [0.2, 0.25) is 0 Å². The zero-order valence-corrected chi connectivity index (χ0v) is 7.66. The van der Waals surface area contributed by atoms with E-state index < -0.39 is 0 Å². The lowest BCUT2D eigenvalue weighted by atomic mass is 10.5. The average molecular weight is 192 g/mol. The van der Waals surface area contributed by atoms with E-state index in [1.807, 2.05) is 10.9 Å². The Hall–Kier alpha value is -1.49. The van der Waals surface area contributed by atoms with Gasteiger partial charge in [0, 0.05) is 17.8 Å². The van der Waals surface area contributed by atoms with Crippen LogP contribution >= 0.6 is 11.3 Å². The van der Waals surface area contributed by atoms with Crippen LogP contribution in [0, 0.1) is 0 Å². The van der Waals surface area contributed by atoms with E-state index in [2.05, 4.69) is 20.3 Å². The molecule has 2 rings (SSSR count). The number of rotatable bonds is 3. The predicted molar refractivity (Wildman–Crippen MR) is 51.5 cm³/mol. The van der Waals surface area contributed by atoms with Crippen LogP contribution in [0.4, 0.5) is 5.82 Å². The number of aromatic nitrogens is 3. The van der Waals surface area contributed by atoms with Crippen molar-refractivity contribution >= 4 is 17.2 Å². The molecule has 1 N–H and O–H groups in total. The summed E-state index contributed by atoms with van der Waals surface area (Å²) in [6.45, 7) is 0.697. The summed E-state index contributed by atoms with van der Waals surface area (Å²) < 4.78 is 0. The van der Waals surface area contributed by atoms with Gasteiger partial charge in [-0.2, -0.15) is 0 Å². The Labute approximate surface area is 79.7 Å². The fourth-order valence-corrected chi connectivity index (χ4v) is 1.45. The van der Waals surface area contributed by atoms with Gasteiger partial charge >= 0.3 is 0 Å². The number of hydrogen-bond acceptors (Lipinski definition) is 5. The van der Waals surface area contributed by atoms with Gasteiger partial charge in [0.05, 0.1) is 23.9 Å². The maximum Gasteiger partial charge on any atom is 0.144 e. The van der Waals surface area contributed by atoms with Crippen LogP contribution in [0.2, 0.25) is 0 Å². The predicted octanol–water partition coefficient (Wildman–Crippen LogP) is 1.55. The second kappa shape index (κ2) is 3.95. The Balaban J connectivity index is 1.94. The molecule has 2 aromatic rings. The van der Waals surface area contributed by atoms with E-state index in [0.29, 0.717) is 6.54 Å². The Kier molecular flexibility index (Phi) is 2.47. The van der Waals surface area contributed by atoms with Gasteiger partial charge in [0.1, 0.15) is 5.82 Å². The smallest absolute Gasteiger partial charge is 0.144 e. The summed E-state index contributed by atoms with van der Waals surface area (Å²) in [4.78, 5) is 12.2. The normalized spacial score (nSPS) is 9.85. The molecule has 0 atom stereocenters. The highest BCUT2D eigenvalue weighted by molar-refractivity contribution is 7.07. The molecule has 0 amide bonds. The lowest BCUT2D eigenvalue weighted by molar-refractivity contribution is 1.04. The largest absolute Gasteiger partial charge is 0.363 e. The van der Waals surface area contributed by atoms with Crippen molar-refractivity contribution < 1.29 is 0 Å². The van der Waals surface area contributed by atoms with Crippen LogP contribution in [0.15, 0.2) is 29.5 Å². The van der Waals surface area contributed by atoms with Crippen molar-refractivity contribution in [1.82, 2.24) is 15.0 Å². The quantitative estimate of drug-likeness (QED) is 0.801. The minimum Gasteiger partial charge on any atom is -0.363 e. The number of nitrogens with one attached hydrogen (secondary N) is 1. The second-order valence-electron chi connectivity index (χ2n) is 2.42. The minimum atomic E-state index is 0.697. The number of thiazole rings is 1. The maximum absolute atomic E-state index is 4.14. The minimum absolute atomic E-state index is 0.697. The van der Waals surface area contributed by atoms with Gasteiger partial charge in [-0.05, 0) is 0 Å². The Morgan fingerprint density at radius 2 is 2.31 bits per heavy atom. The van der Waals surface area contributed by atoms with Gasteiger partial charge in [-0.1, -0.05) is 0 Å². The molecule has 0 aliphatic heterocycles. The van der Waals surface area contributed by atoms with Crippen molar-refractivity contribution in [3.05, 3.63) is 35.2 Å². The van der Waals surface area contributed by atoms with Crippen molar-refractivity contribution in [2.75, 3.05) is 5.32 Å². The zero-order chi connectivity index (χ0) is 8.93. The number of nitrogens with zero attached hydrogens (tertiary/aromatic N) is 3. The third-order valence-corrected chi connectivity index (χ3v) is 2.13. The van der Waals surface area contributed by atoms with E-state index in [1.54, 1.807) is 29.9 Å². The standard InChI is InChI=1S/C8H8N4S/c1-2-10-8(4-9-1)11-3-7-5-13-6-12-7/h1-2,4-6H,3H2,(H,10,11). The molecule has 0 radical (unpaired) electrons. The Morgan fingerprint density at radius 3 is 3.00 bits per heavy atom. The van der Waals surface area contributed by atoms with Gasteiger partial charge in [-0.15, -0.1) is 11.3 Å². The molecule has 0 spiro atoms. The van der Waals surface area contributed by atoms with Crippen LogP contribution in [0.1, 0.15) is 5.69 Å². The summed E-state index contributed by atoms with van der Waals surface area (Å²) in [5, 5.41) is 5.12. The first-order chi connectivity index (χ1) is 6.45. The topological polar surface area (TPSA) is 50.7 Å². The summed E-state index contributed by atoms with van der Waals surface area (Å²) in [7, 11) is 0. The van der Waals surface area contributed by atoms with Crippen LogP contribution < -0.4 is 5.32 Å². The molecule has 0 bridgehead atoms. The third-order valence-electron chi connectivity index (χ3n) is 1.50. The van der Waals surface area contributed by atoms with E-state index in [1.165, 1.54) is 0 Å². The molecule has 0 saturated heterocycles. The fourth-order valence-electron chi connectivity index (χ4n) is 0.896. The highest BCUT2D eigenvalue weighted by atomic mass is 32.1. The molecule has 13 heavy (non-hydrogen) atoms. The molecule has 2 aromatic heterocycles. The van der Waals surface area contributed by atoms with Crippen molar-refractivity contribution in [3.8, 4) is 0 Å². The number of anilines is 1.